The van der Waals surface area contributed by atoms with Crippen molar-refractivity contribution in [2.45, 2.75) is 32.9 Å². The number of ether oxygens (including phenoxy) is 1. The zero-order chi connectivity index (χ0) is 22.4. The van der Waals surface area contributed by atoms with Crippen molar-refractivity contribution in [3.05, 3.63) is 69.2 Å². The largest absolute Gasteiger partial charge is 0.385 e. The first-order chi connectivity index (χ1) is 15.0. The maximum Gasteiger partial charge on any atom is 0.322 e. The van der Waals surface area contributed by atoms with Gasteiger partial charge in [-0.25, -0.2) is 9.78 Å². The van der Waals surface area contributed by atoms with Gasteiger partial charge in [0.05, 0.1) is 22.6 Å². The van der Waals surface area contributed by atoms with Crippen LogP contribution in [-0.4, -0.2) is 40.7 Å². The van der Waals surface area contributed by atoms with Gasteiger partial charge < -0.3 is 15.0 Å². The van der Waals surface area contributed by atoms with Gasteiger partial charge in [-0.2, -0.15) is 0 Å². The summed E-state index contributed by atoms with van der Waals surface area (Å²) in [5, 5.41) is 3.53. The molecule has 2 aromatic carbocycles. The Morgan fingerprint density at radius 3 is 2.65 bits per heavy atom. The molecule has 1 heterocycles. The number of benzene rings is 2. The molecule has 164 valence electrons. The Morgan fingerprint density at radius 1 is 1.23 bits per heavy atom. The first-order valence-electron chi connectivity index (χ1n) is 10.3. The van der Waals surface area contributed by atoms with E-state index in [1.54, 1.807) is 22.6 Å². The standard InChI is InChI=1S/C23H27BrN4O3/c1-4-27-21(25-19-12-7-5-10-17(19)22(27)29)16(2)28(14-9-15-31-3)23(30)26-20-13-8-6-11-18(20)24/h5-8,10-13,16H,4,9,14-15H2,1-3H3,(H,26,30). The number of aromatic nitrogens is 2. The van der Waals surface area contributed by atoms with Gasteiger partial charge in [-0.3, -0.25) is 9.36 Å². The van der Waals surface area contributed by atoms with Crippen molar-refractivity contribution in [2.75, 3.05) is 25.6 Å². The first kappa shape index (κ1) is 23.0. The van der Waals surface area contributed by atoms with Crippen LogP contribution >= 0.6 is 15.9 Å². The van der Waals surface area contributed by atoms with Crippen LogP contribution in [0, 0.1) is 0 Å². The van der Waals surface area contributed by atoms with E-state index in [1.165, 1.54) is 0 Å². The molecule has 0 aliphatic rings. The molecule has 8 heteroatoms. The van der Waals surface area contributed by atoms with Crippen molar-refractivity contribution in [3.8, 4) is 0 Å². The van der Waals surface area contributed by atoms with Gasteiger partial charge in [-0.05, 0) is 60.5 Å². The van der Waals surface area contributed by atoms with Gasteiger partial charge >= 0.3 is 6.03 Å². The summed E-state index contributed by atoms with van der Waals surface area (Å²) in [5.74, 6) is 0.561. The number of para-hydroxylation sites is 2. The lowest BCUT2D eigenvalue weighted by molar-refractivity contribution is 0.158. The van der Waals surface area contributed by atoms with Crippen LogP contribution in [0.5, 0.6) is 0 Å². The molecule has 0 fully saturated rings. The third kappa shape index (κ3) is 5.14. The molecule has 31 heavy (non-hydrogen) atoms. The summed E-state index contributed by atoms with van der Waals surface area (Å²) in [6.07, 6.45) is 0.661. The number of fused-ring (bicyclic) bond motifs is 1. The van der Waals surface area contributed by atoms with Gasteiger partial charge in [0.15, 0.2) is 0 Å². The predicted octanol–water partition coefficient (Wildman–Crippen LogP) is 4.81. The van der Waals surface area contributed by atoms with Crippen LogP contribution < -0.4 is 10.9 Å². The minimum absolute atomic E-state index is 0.0991. The number of rotatable bonds is 8. The fourth-order valence-corrected chi connectivity index (χ4v) is 3.93. The van der Waals surface area contributed by atoms with Crippen molar-refractivity contribution >= 4 is 38.6 Å². The molecule has 7 nitrogen and oxygen atoms in total. The highest BCUT2D eigenvalue weighted by molar-refractivity contribution is 9.10. The number of halogens is 1. The third-order valence-corrected chi connectivity index (χ3v) is 5.86. The van der Waals surface area contributed by atoms with Gasteiger partial charge in [-0.15, -0.1) is 0 Å². The van der Waals surface area contributed by atoms with E-state index in [2.05, 4.69) is 21.2 Å². The number of nitrogens with one attached hydrogen (secondary N) is 1. The number of carbonyl (C=O) groups excluding carboxylic acids is 1. The van der Waals surface area contributed by atoms with Crippen molar-refractivity contribution in [1.29, 1.82) is 0 Å². The minimum Gasteiger partial charge on any atom is -0.385 e. The molecule has 1 unspecified atom stereocenters. The SMILES string of the molecule is CCn1c(C(C)N(CCCOC)C(=O)Nc2ccccc2Br)nc2ccccc2c1=O. The summed E-state index contributed by atoms with van der Waals surface area (Å²) in [7, 11) is 1.63. The average molecular weight is 487 g/mol. The molecule has 0 radical (unpaired) electrons. The number of carbonyl (C=O) groups is 1. The van der Waals surface area contributed by atoms with E-state index >= 15 is 0 Å². The van der Waals surface area contributed by atoms with E-state index in [1.807, 2.05) is 56.3 Å². The molecule has 1 aromatic heterocycles. The van der Waals surface area contributed by atoms with Gasteiger partial charge in [-0.1, -0.05) is 24.3 Å². The average Bonchev–Trinajstić information content (AvgIpc) is 2.78. The van der Waals surface area contributed by atoms with E-state index in [9.17, 15) is 9.59 Å². The number of anilines is 1. The van der Waals surface area contributed by atoms with Gasteiger partial charge in [0.2, 0.25) is 0 Å². The molecule has 3 aromatic rings. The fraction of sp³-hybridized carbons (Fsp3) is 0.348. The normalized spacial score (nSPS) is 12.0. The molecule has 1 N–H and O–H groups in total. The topological polar surface area (TPSA) is 76.5 Å². The smallest absolute Gasteiger partial charge is 0.322 e. The van der Waals surface area contributed by atoms with Gasteiger partial charge in [0.1, 0.15) is 5.82 Å². The number of nitrogens with zero attached hydrogens (tertiary/aromatic N) is 3. The molecule has 0 bridgehead atoms. The Morgan fingerprint density at radius 2 is 1.94 bits per heavy atom. The molecule has 3 rings (SSSR count). The minimum atomic E-state index is -0.420. The number of methoxy groups -OCH3 is 1. The Bertz CT molecular complexity index is 1120. The lowest BCUT2D eigenvalue weighted by atomic mass is 10.2. The van der Waals surface area contributed by atoms with E-state index in [0.29, 0.717) is 48.5 Å². The second-order valence-electron chi connectivity index (χ2n) is 7.16. The molecular weight excluding hydrogens is 460 g/mol. The molecule has 0 saturated heterocycles. The zero-order valence-corrected chi connectivity index (χ0v) is 19.6. The van der Waals surface area contributed by atoms with E-state index in [0.717, 1.165) is 4.47 Å². The highest BCUT2D eigenvalue weighted by atomic mass is 79.9. The zero-order valence-electron chi connectivity index (χ0n) is 18.0. The Hall–Kier alpha value is -2.71. The van der Waals surface area contributed by atoms with Crippen LogP contribution in [-0.2, 0) is 11.3 Å². The summed E-state index contributed by atoms with van der Waals surface area (Å²) >= 11 is 3.47. The van der Waals surface area contributed by atoms with Crippen molar-refractivity contribution in [2.24, 2.45) is 0 Å². The quantitative estimate of drug-likeness (QED) is 0.463. The highest BCUT2D eigenvalue weighted by Gasteiger charge is 2.26. The Balaban J connectivity index is 1.99. The Labute approximate surface area is 190 Å². The number of hydrogen-bond donors (Lipinski definition) is 1. The van der Waals surface area contributed by atoms with Crippen LogP contribution in [0.3, 0.4) is 0 Å². The van der Waals surface area contributed by atoms with Crippen molar-refractivity contribution in [1.82, 2.24) is 14.5 Å². The molecule has 2 amide bonds. The van der Waals surface area contributed by atoms with E-state index in [-0.39, 0.29) is 11.6 Å². The summed E-state index contributed by atoms with van der Waals surface area (Å²) < 4.78 is 7.61. The van der Waals surface area contributed by atoms with Crippen LogP contribution in [0.25, 0.3) is 10.9 Å². The molecule has 0 aliphatic carbocycles. The fourth-order valence-electron chi connectivity index (χ4n) is 3.55. The summed E-state index contributed by atoms with van der Waals surface area (Å²) in [6, 6.07) is 14.1. The molecule has 0 spiro atoms. The highest BCUT2D eigenvalue weighted by Crippen LogP contribution is 2.25. The summed E-state index contributed by atoms with van der Waals surface area (Å²) in [4.78, 5) is 32.8. The van der Waals surface area contributed by atoms with E-state index in [4.69, 9.17) is 9.72 Å². The van der Waals surface area contributed by atoms with Crippen LogP contribution in [0.15, 0.2) is 57.8 Å². The number of hydrogen-bond acceptors (Lipinski definition) is 4. The summed E-state index contributed by atoms with van der Waals surface area (Å²) in [6.45, 7) is 5.25. The van der Waals surface area contributed by atoms with E-state index < -0.39 is 6.04 Å². The second-order valence-corrected chi connectivity index (χ2v) is 8.02. The lowest BCUT2D eigenvalue weighted by Crippen LogP contribution is -2.41. The van der Waals surface area contributed by atoms with Gasteiger partial charge in [0.25, 0.3) is 5.56 Å². The summed E-state index contributed by atoms with van der Waals surface area (Å²) in [5.41, 5.74) is 1.20. The van der Waals surface area contributed by atoms with Crippen LogP contribution in [0.1, 0.15) is 32.1 Å². The maximum absolute atomic E-state index is 13.3. The first-order valence-corrected chi connectivity index (χ1v) is 11.1. The molecule has 1 atom stereocenters. The lowest BCUT2D eigenvalue weighted by Gasteiger charge is -2.30. The monoisotopic (exact) mass is 486 g/mol. The molecule has 0 saturated carbocycles. The van der Waals surface area contributed by atoms with Crippen LogP contribution in [0.4, 0.5) is 10.5 Å². The van der Waals surface area contributed by atoms with Crippen LogP contribution in [0.2, 0.25) is 0 Å². The number of urea groups is 1. The molecular formula is C23H27BrN4O3. The Kier molecular flexibility index (Phi) is 7.81. The second kappa shape index (κ2) is 10.5. The predicted molar refractivity (Wildman–Crippen MR) is 126 cm³/mol. The molecule has 0 aliphatic heterocycles. The maximum atomic E-state index is 13.3. The van der Waals surface area contributed by atoms with Crippen molar-refractivity contribution < 1.29 is 9.53 Å². The van der Waals surface area contributed by atoms with Gasteiger partial charge in [0, 0.05) is 31.3 Å². The van der Waals surface area contributed by atoms with Crippen molar-refractivity contribution in [3.63, 3.8) is 0 Å². The third-order valence-electron chi connectivity index (χ3n) is 5.17. The number of amides is 2.